The van der Waals surface area contributed by atoms with Gasteiger partial charge in [-0.1, -0.05) is 20.8 Å². The Bertz CT molecular complexity index is 535. The molecule has 19 heavy (non-hydrogen) atoms. The molecule has 0 saturated heterocycles. The van der Waals surface area contributed by atoms with Crippen LogP contribution in [-0.4, -0.2) is 17.0 Å². The molecule has 6 heteroatoms. The summed E-state index contributed by atoms with van der Waals surface area (Å²) in [6, 6.07) is 2.10. The number of nitrogens with zero attached hydrogens (tertiary/aromatic N) is 1. The maximum absolute atomic E-state index is 11.6. The average Bonchev–Trinajstić information content (AvgIpc) is 2.68. The normalized spacial score (nSPS) is 10.8. The number of rotatable bonds is 4. The van der Waals surface area contributed by atoms with Crippen LogP contribution in [-0.2, 0) is 15.0 Å². The molecule has 0 radical (unpaired) electrons. The Hall–Kier alpha value is -1.87. The van der Waals surface area contributed by atoms with Gasteiger partial charge in [-0.05, 0) is 16.4 Å². The predicted octanol–water partition coefficient (Wildman–Crippen LogP) is 2.72. The number of nitriles is 1. The van der Waals surface area contributed by atoms with Crippen molar-refractivity contribution in [3.63, 3.8) is 0 Å². The van der Waals surface area contributed by atoms with Gasteiger partial charge in [0.15, 0.2) is 0 Å². The molecule has 0 saturated carbocycles. The number of hydrogen-bond acceptors (Lipinski definition) is 4. The lowest BCUT2D eigenvalue weighted by molar-refractivity contribution is -0.138. The molecule has 0 aliphatic rings. The lowest BCUT2D eigenvalue weighted by Gasteiger charge is -2.17. The number of carboxylic acid groups (broad SMARTS) is 1. The predicted molar refractivity (Wildman–Crippen MR) is 73.2 cm³/mol. The first-order chi connectivity index (χ1) is 8.75. The Morgan fingerprint density at radius 2 is 2.05 bits per heavy atom. The van der Waals surface area contributed by atoms with E-state index >= 15 is 0 Å². The maximum Gasteiger partial charge on any atom is 0.303 e. The van der Waals surface area contributed by atoms with Crippen LogP contribution in [0.3, 0.4) is 0 Å². The Morgan fingerprint density at radius 1 is 1.42 bits per heavy atom. The average molecular weight is 280 g/mol. The zero-order valence-corrected chi connectivity index (χ0v) is 11.9. The molecular weight excluding hydrogens is 264 g/mol. The van der Waals surface area contributed by atoms with Crippen molar-refractivity contribution in [2.24, 2.45) is 0 Å². The highest BCUT2D eigenvalue weighted by Crippen LogP contribution is 2.35. The van der Waals surface area contributed by atoms with E-state index in [1.807, 2.05) is 26.2 Å². The van der Waals surface area contributed by atoms with Crippen molar-refractivity contribution in [2.75, 3.05) is 5.32 Å². The first-order valence-corrected chi connectivity index (χ1v) is 6.67. The van der Waals surface area contributed by atoms with Crippen molar-refractivity contribution in [1.29, 1.82) is 5.26 Å². The molecule has 0 aliphatic heterocycles. The molecular formula is C13H16N2O3S. The molecule has 2 N–H and O–H groups in total. The van der Waals surface area contributed by atoms with Crippen molar-refractivity contribution < 1.29 is 14.7 Å². The number of carbonyl (C=O) groups excluding carboxylic acids is 1. The Balaban J connectivity index is 2.86. The highest BCUT2D eigenvalue weighted by atomic mass is 32.1. The molecule has 0 bridgehead atoms. The molecule has 5 nitrogen and oxygen atoms in total. The molecule has 1 aromatic heterocycles. The van der Waals surface area contributed by atoms with Crippen LogP contribution in [0.4, 0.5) is 5.00 Å². The number of carbonyl (C=O) groups is 2. The fraction of sp³-hybridized carbons (Fsp3) is 0.462. The van der Waals surface area contributed by atoms with Crippen LogP contribution in [0.15, 0.2) is 5.38 Å². The second-order valence-corrected chi connectivity index (χ2v) is 6.04. The van der Waals surface area contributed by atoms with Gasteiger partial charge in [-0.25, -0.2) is 0 Å². The van der Waals surface area contributed by atoms with Gasteiger partial charge in [-0.15, -0.1) is 11.3 Å². The van der Waals surface area contributed by atoms with E-state index in [0.717, 1.165) is 5.56 Å². The minimum atomic E-state index is -1.02. The molecule has 1 rings (SSSR count). The summed E-state index contributed by atoms with van der Waals surface area (Å²) in [5.41, 5.74) is 1.17. The second kappa shape index (κ2) is 5.85. The highest BCUT2D eigenvalue weighted by Gasteiger charge is 2.23. The number of amides is 1. The number of aliphatic carboxylic acids is 1. The van der Waals surface area contributed by atoms with E-state index in [2.05, 4.69) is 11.4 Å². The minimum Gasteiger partial charge on any atom is -0.481 e. The molecule has 0 aromatic carbocycles. The van der Waals surface area contributed by atoms with Crippen LogP contribution >= 0.6 is 11.3 Å². The van der Waals surface area contributed by atoms with Crippen LogP contribution < -0.4 is 5.32 Å². The van der Waals surface area contributed by atoms with E-state index in [0.29, 0.717) is 10.6 Å². The van der Waals surface area contributed by atoms with Crippen LogP contribution in [0.1, 0.15) is 44.7 Å². The first kappa shape index (κ1) is 15.2. The third kappa shape index (κ3) is 4.07. The summed E-state index contributed by atoms with van der Waals surface area (Å²) in [4.78, 5) is 22.0. The smallest absolute Gasteiger partial charge is 0.303 e. The number of thiophene rings is 1. The Kier molecular flexibility index (Phi) is 4.67. The summed E-state index contributed by atoms with van der Waals surface area (Å²) in [5.74, 6) is -1.40. The van der Waals surface area contributed by atoms with Gasteiger partial charge in [-0.2, -0.15) is 5.26 Å². The molecule has 1 aromatic rings. The summed E-state index contributed by atoms with van der Waals surface area (Å²) < 4.78 is 0. The van der Waals surface area contributed by atoms with Crippen molar-refractivity contribution >= 4 is 28.2 Å². The highest BCUT2D eigenvalue weighted by molar-refractivity contribution is 7.14. The zero-order valence-electron chi connectivity index (χ0n) is 11.1. The third-order valence-corrected chi connectivity index (χ3v) is 3.43. The van der Waals surface area contributed by atoms with E-state index in [-0.39, 0.29) is 24.2 Å². The summed E-state index contributed by atoms with van der Waals surface area (Å²) in [6.07, 6.45) is -0.311. The van der Waals surface area contributed by atoms with Gasteiger partial charge in [0.1, 0.15) is 11.1 Å². The van der Waals surface area contributed by atoms with Gasteiger partial charge in [0.2, 0.25) is 5.91 Å². The fourth-order valence-corrected chi connectivity index (χ4v) is 2.68. The molecule has 0 fully saturated rings. The number of carboxylic acids is 1. The summed E-state index contributed by atoms with van der Waals surface area (Å²) in [5, 5.41) is 22.6. The minimum absolute atomic E-state index is 0.0943. The quantitative estimate of drug-likeness (QED) is 0.887. The summed E-state index contributed by atoms with van der Waals surface area (Å²) in [6.45, 7) is 5.98. The maximum atomic E-state index is 11.6. The van der Waals surface area contributed by atoms with Gasteiger partial charge in [0.05, 0.1) is 12.0 Å². The SMILES string of the molecule is CC(C)(C)c1csc(NC(=O)CCC(=O)O)c1C#N. The number of nitrogens with one attached hydrogen (secondary N) is 1. The van der Waals surface area contributed by atoms with E-state index in [1.54, 1.807) is 0 Å². The summed E-state index contributed by atoms with van der Waals surface area (Å²) >= 11 is 1.29. The fourth-order valence-electron chi connectivity index (χ4n) is 1.52. The van der Waals surface area contributed by atoms with Crippen molar-refractivity contribution in [2.45, 2.75) is 39.0 Å². The van der Waals surface area contributed by atoms with Crippen molar-refractivity contribution in [1.82, 2.24) is 0 Å². The first-order valence-electron chi connectivity index (χ1n) is 5.79. The van der Waals surface area contributed by atoms with Gasteiger partial charge < -0.3 is 10.4 Å². The largest absolute Gasteiger partial charge is 0.481 e. The van der Waals surface area contributed by atoms with Crippen LogP contribution in [0.5, 0.6) is 0 Å². The molecule has 0 aliphatic carbocycles. The van der Waals surface area contributed by atoms with Crippen molar-refractivity contribution in [3.05, 3.63) is 16.5 Å². The van der Waals surface area contributed by atoms with Crippen LogP contribution in [0.25, 0.3) is 0 Å². The molecule has 0 atom stereocenters. The van der Waals surface area contributed by atoms with E-state index < -0.39 is 5.97 Å². The van der Waals surface area contributed by atoms with E-state index in [4.69, 9.17) is 5.11 Å². The molecule has 0 unspecified atom stereocenters. The van der Waals surface area contributed by atoms with Crippen molar-refractivity contribution in [3.8, 4) is 6.07 Å². The van der Waals surface area contributed by atoms with E-state index in [9.17, 15) is 14.9 Å². The second-order valence-electron chi connectivity index (χ2n) is 5.16. The van der Waals surface area contributed by atoms with Crippen LogP contribution in [0, 0.1) is 11.3 Å². The Labute approximate surface area is 115 Å². The standard InChI is InChI=1S/C13H16N2O3S/c1-13(2,3)9-7-19-12(8(9)6-14)15-10(16)4-5-11(17)18/h7H,4-5H2,1-3H3,(H,15,16)(H,17,18). The topological polar surface area (TPSA) is 90.2 Å². The lowest BCUT2D eigenvalue weighted by atomic mass is 9.86. The van der Waals surface area contributed by atoms with Gasteiger partial charge >= 0.3 is 5.97 Å². The molecule has 1 heterocycles. The monoisotopic (exact) mass is 280 g/mol. The Morgan fingerprint density at radius 3 is 2.53 bits per heavy atom. The van der Waals surface area contributed by atoms with E-state index in [1.165, 1.54) is 11.3 Å². The lowest BCUT2D eigenvalue weighted by Crippen LogP contribution is -2.15. The van der Waals surface area contributed by atoms with Gasteiger partial charge in [-0.3, -0.25) is 9.59 Å². The number of hydrogen-bond donors (Lipinski definition) is 2. The molecule has 1 amide bonds. The van der Waals surface area contributed by atoms with Gasteiger partial charge in [0, 0.05) is 6.42 Å². The zero-order chi connectivity index (χ0) is 14.6. The number of anilines is 1. The molecule has 0 spiro atoms. The summed E-state index contributed by atoms with van der Waals surface area (Å²) in [7, 11) is 0. The van der Waals surface area contributed by atoms with Crippen LogP contribution in [0.2, 0.25) is 0 Å². The van der Waals surface area contributed by atoms with Gasteiger partial charge in [0.25, 0.3) is 0 Å². The molecule has 102 valence electrons. The third-order valence-electron chi connectivity index (χ3n) is 2.53.